The predicted molar refractivity (Wildman–Crippen MR) is 75.4 cm³/mol. The molecule has 19 heavy (non-hydrogen) atoms. The van der Waals surface area contributed by atoms with Crippen molar-refractivity contribution in [3.8, 4) is 0 Å². The van der Waals surface area contributed by atoms with Crippen molar-refractivity contribution in [3.05, 3.63) is 64.7 Å². The fourth-order valence-corrected chi connectivity index (χ4v) is 2.11. The van der Waals surface area contributed by atoms with Crippen LogP contribution in [0.25, 0.3) is 0 Å². The van der Waals surface area contributed by atoms with Gasteiger partial charge in [-0.05, 0) is 48.2 Å². The van der Waals surface area contributed by atoms with E-state index in [0.717, 1.165) is 23.2 Å². The molecule has 0 spiro atoms. The van der Waals surface area contributed by atoms with Crippen LogP contribution >= 0.6 is 0 Å². The molecule has 0 aliphatic carbocycles. The molecule has 0 radical (unpaired) electrons. The van der Waals surface area contributed by atoms with Crippen molar-refractivity contribution in [3.63, 3.8) is 0 Å². The first-order chi connectivity index (χ1) is 9.08. The summed E-state index contributed by atoms with van der Waals surface area (Å²) in [5, 5.41) is 0. The van der Waals surface area contributed by atoms with Crippen LogP contribution in [0.5, 0.6) is 0 Å². The van der Waals surface area contributed by atoms with E-state index in [-0.39, 0.29) is 11.9 Å². The van der Waals surface area contributed by atoms with E-state index < -0.39 is 0 Å². The number of pyridine rings is 1. The molecule has 2 nitrogen and oxygen atoms in total. The molecule has 1 aromatic carbocycles. The zero-order valence-corrected chi connectivity index (χ0v) is 11.4. The fourth-order valence-electron chi connectivity index (χ4n) is 2.11. The van der Waals surface area contributed by atoms with Crippen molar-refractivity contribution in [1.29, 1.82) is 0 Å². The summed E-state index contributed by atoms with van der Waals surface area (Å²) < 4.78 is 13.4. The number of hydrogen-bond donors (Lipinski definition) is 1. The van der Waals surface area contributed by atoms with Crippen LogP contribution in [0.1, 0.15) is 35.3 Å². The van der Waals surface area contributed by atoms with Gasteiger partial charge in [0, 0.05) is 24.4 Å². The summed E-state index contributed by atoms with van der Waals surface area (Å²) in [5.41, 5.74) is 9.98. The van der Waals surface area contributed by atoms with Crippen molar-refractivity contribution in [2.24, 2.45) is 5.73 Å². The minimum atomic E-state index is -0.236. The molecule has 0 fully saturated rings. The lowest BCUT2D eigenvalue weighted by atomic mass is 10.0. The molecule has 3 heteroatoms. The largest absolute Gasteiger partial charge is 0.324 e. The van der Waals surface area contributed by atoms with Gasteiger partial charge in [0.1, 0.15) is 5.82 Å². The van der Waals surface area contributed by atoms with Gasteiger partial charge in [0.2, 0.25) is 0 Å². The lowest BCUT2D eigenvalue weighted by molar-refractivity contribution is 0.616. The van der Waals surface area contributed by atoms with Crippen LogP contribution in [-0.4, -0.2) is 4.98 Å². The smallest absolute Gasteiger partial charge is 0.123 e. The Morgan fingerprint density at radius 3 is 2.63 bits per heavy atom. The highest BCUT2D eigenvalue weighted by molar-refractivity contribution is 5.27. The molecule has 1 heterocycles. The minimum Gasteiger partial charge on any atom is -0.324 e. The minimum absolute atomic E-state index is 0.227. The van der Waals surface area contributed by atoms with Gasteiger partial charge in [-0.3, -0.25) is 4.98 Å². The topological polar surface area (TPSA) is 38.9 Å². The molecular formula is C16H19FN2. The molecule has 2 rings (SSSR count). The first-order valence-corrected chi connectivity index (χ1v) is 6.55. The van der Waals surface area contributed by atoms with E-state index in [1.165, 1.54) is 17.7 Å². The number of aryl methyl sites for hydroxylation is 2. The standard InChI is InChI=1S/C16H19FN2/c1-3-12-4-5-15(19-10-12)9-16(18)13-6-11(2)7-14(17)8-13/h4-8,10,16H,3,9,18H2,1-2H3. The van der Waals surface area contributed by atoms with Gasteiger partial charge in [-0.2, -0.15) is 0 Å². The van der Waals surface area contributed by atoms with Crippen molar-refractivity contribution in [2.45, 2.75) is 32.7 Å². The Morgan fingerprint density at radius 2 is 2.05 bits per heavy atom. The molecule has 1 unspecified atom stereocenters. The zero-order valence-electron chi connectivity index (χ0n) is 11.4. The van der Waals surface area contributed by atoms with E-state index in [0.29, 0.717) is 6.42 Å². The summed E-state index contributed by atoms with van der Waals surface area (Å²) in [6.07, 6.45) is 3.47. The van der Waals surface area contributed by atoms with Crippen molar-refractivity contribution < 1.29 is 4.39 Å². The molecule has 2 aromatic rings. The normalized spacial score (nSPS) is 12.4. The summed E-state index contributed by atoms with van der Waals surface area (Å²) >= 11 is 0. The second-order valence-electron chi connectivity index (χ2n) is 4.88. The summed E-state index contributed by atoms with van der Waals surface area (Å²) in [4.78, 5) is 4.39. The van der Waals surface area contributed by atoms with Crippen LogP contribution in [0, 0.1) is 12.7 Å². The Bertz CT molecular complexity index is 529. The third-order valence-electron chi connectivity index (χ3n) is 3.22. The number of halogens is 1. The van der Waals surface area contributed by atoms with Crippen LogP contribution in [0.4, 0.5) is 4.39 Å². The molecule has 100 valence electrons. The Balaban J connectivity index is 2.13. The predicted octanol–water partition coefficient (Wildman–Crippen LogP) is 3.33. The van der Waals surface area contributed by atoms with Crippen molar-refractivity contribution in [1.82, 2.24) is 4.98 Å². The van der Waals surface area contributed by atoms with Crippen LogP contribution < -0.4 is 5.73 Å². The lowest BCUT2D eigenvalue weighted by Gasteiger charge is -2.13. The van der Waals surface area contributed by atoms with Crippen molar-refractivity contribution >= 4 is 0 Å². The monoisotopic (exact) mass is 258 g/mol. The summed E-state index contributed by atoms with van der Waals surface area (Å²) in [7, 11) is 0. The van der Waals surface area contributed by atoms with Crippen LogP contribution in [-0.2, 0) is 12.8 Å². The molecule has 0 saturated carbocycles. The Hall–Kier alpha value is -1.74. The number of nitrogens with two attached hydrogens (primary N) is 1. The lowest BCUT2D eigenvalue weighted by Crippen LogP contribution is -2.14. The number of hydrogen-bond acceptors (Lipinski definition) is 2. The molecule has 0 saturated heterocycles. The highest BCUT2D eigenvalue weighted by Crippen LogP contribution is 2.18. The van der Waals surface area contributed by atoms with Gasteiger partial charge in [-0.15, -0.1) is 0 Å². The zero-order chi connectivity index (χ0) is 13.8. The van der Waals surface area contributed by atoms with Crippen LogP contribution in [0.2, 0.25) is 0 Å². The molecule has 0 amide bonds. The third kappa shape index (κ3) is 3.61. The Labute approximate surface area is 113 Å². The molecule has 2 N–H and O–H groups in total. The Morgan fingerprint density at radius 1 is 1.26 bits per heavy atom. The molecular weight excluding hydrogens is 239 g/mol. The third-order valence-corrected chi connectivity index (χ3v) is 3.22. The first kappa shape index (κ1) is 13.7. The fraction of sp³-hybridized carbons (Fsp3) is 0.312. The van der Waals surface area contributed by atoms with Crippen LogP contribution in [0.3, 0.4) is 0 Å². The van der Waals surface area contributed by atoms with Gasteiger partial charge in [0.15, 0.2) is 0 Å². The molecule has 0 bridgehead atoms. The van der Waals surface area contributed by atoms with Gasteiger partial charge >= 0.3 is 0 Å². The SMILES string of the molecule is CCc1ccc(CC(N)c2cc(C)cc(F)c2)nc1. The van der Waals surface area contributed by atoms with E-state index in [2.05, 4.69) is 18.0 Å². The maximum Gasteiger partial charge on any atom is 0.123 e. The van der Waals surface area contributed by atoms with Crippen LogP contribution in [0.15, 0.2) is 36.5 Å². The second kappa shape index (κ2) is 5.93. The van der Waals surface area contributed by atoms with Gasteiger partial charge in [-0.1, -0.05) is 19.1 Å². The number of rotatable bonds is 4. The van der Waals surface area contributed by atoms with Gasteiger partial charge in [-0.25, -0.2) is 4.39 Å². The number of nitrogens with zero attached hydrogens (tertiary/aromatic N) is 1. The van der Waals surface area contributed by atoms with E-state index in [4.69, 9.17) is 5.73 Å². The van der Waals surface area contributed by atoms with Crippen molar-refractivity contribution in [2.75, 3.05) is 0 Å². The maximum absolute atomic E-state index is 13.4. The molecule has 0 aliphatic rings. The van der Waals surface area contributed by atoms with E-state index in [9.17, 15) is 4.39 Å². The quantitative estimate of drug-likeness (QED) is 0.913. The molecule has 1 aromatic heterocycles. The summed E-state index contributed by atoms with van der Waals surface area (Å²) in [5.74, 6) is -0.236. The van der Waals surface area contributed by atoms with Gasteiger partial charge in [0.25, 0.3) is 0 Å². The number of benzene rings is 1. The Kier molecular flexibility index (Phi) is 4.27. The van der Waals surface area contributed by atoms with Gasteiger partial charge < -0.3 is 5.73 Å². The molecule has 1 atom stereocenters. The average Bonchev–Trinajstić information content (AvgIpc) is 2.38. The van der Waals surface area contributed by atoms with E-state index in [1.54, 1.807) is 0 Å². The molecule has 0 aliphatic heterocycles. The van der Waals surface area contributed by atoms with Gasteiger partial charge in [0.05, 0.1) is 0 Å². The maximum atomic E-state index is 13.4. The summed E-state index contributed by atoms with van der Waals surface area (Å²) in [6.45, 7) is 3.96. The summed E-state index contributed by atoms with van der Waals surface area (Å²) in [6, 6.07) is 8.75. The highest BCUT2D eigenvalue weighted by atomic mass is 19.1. The average molecular weight is 258 g/mol. The number of aromatic nitrogens is 1. The highest BCUT2D eigenvalue weighted by Gasteiger charge is 2.10. The first-order valence-electron chi connectivity index (χ1n) is 6.55. The second-order valence-corrected chi connectivity index (χ2v) is 4.88. The van der Waals surface area contributed by atoms with E-state index in [1.807, 2.05) is 25.3 Å². The van der Waals surface area contributed by atoms with E-state index >= 15 is 0 Å².